The number of aromatic nitrogens is 2. The van der Waals surface area contributed by atoms with Gasteiger partial charge < -0.3 is 15.4 Å². The molecule has 7 nitrogen and oxygen atoms in total. The van der Waals surface area contributed by atoms with Crippen molar-refractivity contribution in [1.82, 2.24) is 20.4 Å². The van der Waals surface area contributed by atoms with Crippen molar-refractivity contribution in [2.24, 2.45) is 0 Å². The van der Waals surface area contributed by atoms with Crippen LogP contribution in [0.2, 0.25) is 0 Å². The van der Waals surface area contributed by atoms with Crippen molar-refractivity contribution in [3.05, 3.63) is 48.3 Å². The Balaban J connectivity index is 1.42. The SMILES string of the molecule is O=C(NCC1CN(Cc2ccccc2)CCO1)Nc1cn[nH]c1. The van der Waals surface area contributed by atoms with E-state index in [1.807, 2.05) is 6.07 Å². The molecular formula is C16H21N5O2. The molecule has 2 heterocycles. The molecule has 1 fully saturated rings. The highest BCUT2D eigenvalue weighted by atomic mass is 16.5. The number of amides is 2. The van der Waals surface area contributed by atoms with E-state index in [9.17, 15) is 4.79 Å². The van der Waals surface area contributed by atoms with Gasteiger partial charge in [0.2, 0.25) is 0 Å². The Morgan fingerprint density at radius 3 is 3.04 bits per heavy atom. The van der Waals surface area contributed by atoms with Crippen LogP contribution in [0.5, 0.6) is 0 Å². The summed E-state index contributed by atoms with van der Waals surface area (Å²) in [4.78, 5) is 14.1. The van der Waals surface area contributed by atoms with Crippen LogP contribution >= 0.6 is 0 Å². The van der Waals surface area contributed by atoms with Gasteiger partial charge in [-0.15, -0.1) is 0 Å². The fourth-order valence-electron chi connectivity index (χ4n) is 2.59. The molecule has 1 aliphatic heterocycles. The third-order valence-electron chi connectivity index (χ3n) is 3.72. The lowest BCUT2D eigenvalue weighted by Crippen LogP contribution is -2.47. The molecule has 1 saturated heterocycles. The number of rotatable bonds is 5. The van der Waals surface area contributed by atoms with E-state index in [4.69, 9.17) is 4.74 Å². The molecule has 7 heteroatoms. The van der Waals surface area contributed by atoms with Gasteiger partial charge in [-0.2, -0.15) is 5.10 Å². The van der Waals surface area contributed by atoms with Gasteiger partial charge in [-0.05, 0) is 5.56 Å². The number of urea groups is 1. The maximum absolute atomic E-state index is 11.8. The highest BCUT2D eigenvalue weighted by Gasteiger charge is 2.21. The molecule has 2 amide bonds. The second-order valence-corrected chi connectivity index (χ2v) is 5.54. The van der Waals surface area contributed by atoms with Crippen molar-refractivity contribution >= 4 is 11.7 Å². The molecule has 0 bridgehead atoms. The van der Waals surface area contributed by atoms with Crippen LogP contribution in [0.25, 0.3) is 0 Å². The number of aromatic amines is 1. The molecule has 0 aliphatic carbocycles. The van der Waals surface area contributed by atoms with Crippen molar-refractivity contribution in [1.29, 1.82) is 0 Å². The van der Waals surface area contributed by atoms with Crippen LogP contribution in [0.3, 0.4) is 0 Å². The number of H-pyrrole nitrogens is 1. The highest BCUT2D eigenvalue weighted by molar-refractivity contribution is 5.88. The van der Waals surface area contributed by atoms with E-state index in [1.54, 1.807) is 12.4 Å². The van der Waals surface area contributed by atoms with Crippen LogP contribution in [0.4, 0.5) is 10.5 Å². The second kappa shape index (κ2) is 7.75. The Morgan fingerprint density at radius 2 is 2.26 bits per heavy atom. The lowest BCUT2D eigenvalue weighted by atomic mass is 10.2. The smallest absolute Gasteiger partial charge is 0.319 e. The number of benzene rings is 1. The van der Waals surface area contributed by atoms with E-state index in [1.165, 1.54) is 5.56 Å². The lowest BCUT2D eigenvalue weighted by molar-refractivity contribution is -0.0285. The fourth-order valence-corrected chi connectivity index (χ4v) is 2.59. The van der Waals surface area contributed by atoms with E-state index >= 15 is 0 Å². The zero-order valence-corrected chi connectivity index (χ0v) is 12.9. The molecule has 3 rings (SSSR count). The maximum atomic E-state index is 11.8. The number of carbonyl (C=O) groups excluding carboxylic acids is 1. The predicted molar refractivity (Wildman–Crippen MR) is 87.1 cm³/mol. The number of ether oxygens (including phenoxy) is 1. The first kappa shape index (κ1) is 15.5. The Morgan fingerprint density at radius 1 is 1.39 bits per heavy atom. The number of hydrogen-bond acceptors (Lipinski definition) is 4. The molecule has 2 aromatic rings. The monoisotopic (exact) mass is 315 g/mol. The summed E-state index contributed by atoms with van der Waals surface area (Å²) >= 11 is 0. The van der Waals surface area contributed by atoms with Gasteiger partial charge in [0.05, 0.1) is 24.6 Å². The number of morpholine rings is 1. The first-order valence-corrected chi connectivity index (χ1v) is 7.71. The predicted octanol–water partition coefficient (Wildman–Crippen LogP) is 1.43. The summed E-state index contributed by atoms with van der Waals surface area (Å²) in [6.45, 7) is 3.78. The van der Waals surface area contributed by atoms with Gasteiger partial charge in [-0.25, -0.2) is 4.79 Å². The van der Waals surface area contributed by atoms with Gasteiger partial charge in [-0.1, -0.05) is 30.3 Å². The van der Waals surface area contributed by atoms with E-state index in [0.29, 0.717) is 18.8 Å². The number of hydrogen-bond donors (Lipinski definition) is 3. The van der Waals surface area contributed by atoms with E-state index in [2.05, 4.69) is 50.0 Å². The molecule has 0 radical (unpaired) electrons. The number of anilines is 1. The van der Waals surface area contributed by atoms with Gasteiger partial charge in [0, 0.05) is 32.4 Å². The third-order valence-corrected chi connectivity index (χ3v) is 3.72. The van der Waals surface area contributed by atoms with Crippen molar-refractivity contribution in [3.63, 3.8) is 0 Å². The zero-order valence-electron chi connectivity index (χ0n) is 12.9. The molecule has 1 atom stereocenters. The summed E-state index contributed by atoms with van der Waals surface area (Å²) in [7, 11) is 0. The molecule has 1 aromatic carbocycles. The van der Waals surface area contributed by atoms with E-state index in [-0.39, 0.29) is 12.1 Å². The molecule has 0 saturated carbocycles. The van der Waals surface area contributed by atoms with E-state index in [0.717, 1.165) is 19.6 Å². The Hall–Kier alpha value is -2.38. The van der Waals surface area contributed by atoms with Crippen LogP contribution in [0.15, 0.2) is 42.7 Å². The first-order valence-electron chi connectivity index (χ1n) is 7.71. The van der Waals surface area contributed by atoms with Crippen LogP contribution in [0, 0.1) is 0 Å². The average molecular weight is 315 g/mol. The highest BCUT2D eigenvalue weighted by Crippen LogP contribution is 2.10. The molecule has 23 heavy (non-hydrogen) atoms. The largest absolute Gasteiger partial charge is 0.374 e. The minimum atomic E-state index is -0.254. The minimum Gasteiger partial charge on any atom is -0.374 e. The van der Waals surface area contributed by atoms with Crippen LogP contribution in [-0.2, 0) is 11.3 Å². The molecule has 1 unspecified atom stereocenters. The van der Waals surface area contributed by atoms with Crippen LogP contribution in [0.1, 0.15) is 5.56 Å². The molecule has 3 N–H and O–H groups in total. The fraction of sp³-hybridized carbons (Fsp3) is 0.375. The number of nitrogens with one attached hydrogen (secondary N) is 3. The summed E-state index contributed by atoms with van der Waals surface area (Å²) in [5.74, 6) is 0. The standard InChI is InChI=1S/C16H21N5O2/c22-16(20-14-8-18-19-9-14)17-10-15-12-21(6-7-23-15)11-13-4-2-1-3-5-13/h1-5,8-9,15H,6-7,10-12H2,(H,18,19)(H2,17,20,22). The van der Waals surface area contributed by atoms with Crippen molar-refractivity contribution in [3.8, 4) is 0 Å². The number of carbonyl (C=O) groups is 1. The van der Waals surface area contributed by atoms with Crippen molar-refractivity contribution < 1.29 is 9.53 Å². The molecule has 122 valence electrons. The lowest BCUT2D eigenvalue weighted by Gasteiger charge is -2.33. The van der Waals surface area contributed by atoms with Crippen LogP contribution in [-0.4, -0.2) is 53.5 Å². The summed E-state index contributed by atoms with van der Waals surface area (Å²) in [5.41, 5.74) is 1.93. The molecule has 1 aliphatic rings. The summed E-state index contributed by atoms with van der Waals surface area (Å²) in [6.07, 6.45) is 3.18. The van der Waals surface area contributed by atoms with Gasteiger partial charge >= 0.3 is 6.03 Å². The normalized spacial score (nSPS) is 18.5. The molecular weight excluding hydrogens is 294 g/mol. The first-order chi connectivity index (χ1) is 11.3. The van der Waals surface area contributed by atoms with Gasteiger partial charge in [0.1, 0.15) is 0 Å². The van der Waals surface area contributed by atoms with Gasteiger partial charge in [0.15, 0.2) is 0 Å². The minimum absolute atomic E-state index is 0.00237. The maximum Gasteiger partial charge on any atom is 0.319 e. The van der Waals surface area contributed by atoms with Gasteiger partial charge in [0.25, 0.3) is 0 Å². The Bertz CT molecular complexity index is 602. The zero-order chi connectivity index (χ0) is 15.9. The van der Waals surface area contributed by atoms with Gasteiger partial charge in [-0.3, -0.25) is 10.00 Å². The van der Waals surface area contributed by atoms with Crippen molar-refractivity contribution in [2.45, 2.75) is 12.6 Å². The molecule has 0 spiro atoms. The summed E-state index contributed by atoms with van der Waals surface area (Å²) < 4.78 is 5.73. The summed E-state index contributed by atoms with van der Waals surface area (Å²) in [6, 6.07) is 10.1. The van der Waals surface area contributed by atoms with Crippen LogP contribution < -0.4 is 10.6 Å². The Kier molecular flexibility index (Phi) is 5.23. The second-order valence-electron chi connectivity index (χ2n) is 5.54. The number of nitrogens with zero attached hydrogens (tertiary/aromatic N) is 2. The Labute approximate surface area is 135 Å². The average Bonchev–Trinajstić information content (AvgIpc) is 3.07. The topological polar surface area (TPSA) is 82.3 Å². The quantitative estimate of drug-likeness (QED) is 0.779. The van der Waals surface area contributed by atoms with Crippen molar-refractivity contribution in [2.75, 3.05) is 31.6 Å². The molecule has 1 aromatic heterocycles. The van der Waals surface area contributed by atoms with E-state index < -0.39 is 0 Å². The summed E-state index contributed by atoms with van der Waals surface area (Å²) in [5, 5.41) is 12.0. The third kappa shape index (κ3) is 4.80.